The second-order valence-electron chi connectivity index (χ2n) is 7.79. The molecule has 10 heteroatoms. The van der Waals surface area contributed by atoms with Crippen LogP contribution in [0.1, 0.15) is 28.2 Å². The number of ether oxygens (including phenoxy) is 2. The average Bonchev–Trinajstić information content (AvgIpc) is 3.13. The number of piperidine rings is 1. The zero-order valence-corrected chi connectivity index (χ0v) is 18.1. The summed E-state index contributed by atoms with van der Waals surface area (Å²) in [4.78, 5) is 17.1. The first-order valence-corrected chi connectivity index (χ1v) is 10.6. The largest absolute Gasteiger partial charge is 0.490 e. The highest BCUT2D eigenvalue weighted by molar-refractivity contribution is 6.07. The molecule has 3 aromatic rings. The van der Waals surface area contributed by atoms with Gasteiger partial charge in [-0.25, -0.2) is 8.78 Å². The zero-order valence-electron chi connectivity index (χ0n) is 18.1. The number of halogens is 2. The second-order valence-corrected chi connectivity index (χ2v) is 7.79. The average molecular weight is 461 g/mol. The normalized spacial score (nSPS) is 17.6. The molecule has 1 aromatic carbocycles. The highest BCUT2D eigenvalue weighted by Gasteiger charge is 2.42. The molecule has 3 heterocycles. The fourth-order valence-electron chi connectivity index (χ4n) is 3.72. The van der Waals surface area contributed by atoms with Gasteiger partial charge in [0.15, 0.2) is 0 Å². The van der Waals surface area contributed by atoms with E-state index in [1.165, 1.54) is 6.20 Å². The number of aryl methyl sites for hydroxylation is 1. The van der Waals surface area contributed by atoms with Gasteiger partial charge in [-0.05, 0) is 50.2 Å². The molecule has 33 heavy (non-hydrogen) atoms. The number of rotatable bonds is 8. The van der Waals surface area contributed by atoms with E-state index in [1.807, 2.05) is 0 Å². The number of hydrogen-bond donors (Lipinski definition) is 3. The first-order valence-electron chi connectivity index (χ1n) is 10.6. The van der Waals surface area contributed by atoms with E-state index in [0.29, 0.717) is 40.5 Å². The third-order valence-electron chi connectivity index (χ3n) is 5.39. The van der Waals surface area contributed by atoms with Crippen LogP contribution in [-0.2, 0) is 6.61 Å². The number of amides is 1. The summed E-state index contributed by atoms with van der Waals surface area (Å²) in [7, 11) is 0. The number of carbonyl (C=O) groups excluding carboxylic acids is 1. The molecule has 1 unspecified atom stereocenters. The number of carbonyl (C=O) groups is 1. The molecular weight excluding hydrogens is 436 g/mol. The van der Waals surface area contributed by atoms with Gasteiger partial charge in [0.05, 0.1) is 36.6 Å². The minimum Gasteiger partial charge on any atom is -0.490 e. The maximum atomic E-state index is 14.2. The number of aliphatic hydroxyl groups is 1. The number of aromatic nitrogens is 1. The Morgan fingerprint density at radius 2 is 2.12 bits per heavy atom. The van der Waals surface area contributed by atoms with E-state index in [4.69, 9.17) is 19.0 Å². The molecule has 0 radical (unpaired) electrons. The Hall–Kier alpha value is -3.24. The van der Waals surface area contributed by atoms with Crippen molar-refractivity contribution in [3.63, 3.8) is 0 Å². The monoisotopic (exact) mass is 461 g/mol. The molecule has 3 N–H and O–H groups in total. The lowest BCUT2D eigenvalue weighted by Gasteiger charge is -2.32. The van der Waals surface area contributed by atoms with E-state index in [1.54, 1.807) is 37.3 Å². The third kappa shape index (κ3) is 5.23. The summed E-state index contributed by atoms with van der Waals surface area (Å²) in [5.74, 6) is -2.27. The molecule has 2 aromatic heterocycles. The second kappa shape index (κ2) is 9.72. The molecule has 1 fully saturated rings. The van der Waals surface area contributed by atoms with Gasteiger partial charge < -0.3 is 29.6 Å². The Morgan fingerprint density at radius 3 is 2.85 bits per heavy atom. The topological polar surface area (TPSA) is 106 Å². The maximum Gasteiger partial charge on any atom is 0.280 e. The zero-order chi connectivity index (χ0) is 23.4. The van der Waals surface area contributed by atoms with Crippen LogP contribution < -0.4 is 20.1 Å². The Bertz CT molecular complexity index is 1120. The fourth-order valence-corrected chi connectivity index (χ4v) is 3.72. The van der Waals surface area contributed by atoms with E-state index in [2.05, 4.69) is 15.6 Å². The number of pyridine rings is 1. The van der Waals surface area contributed by atoms with E-state index < -0.39 is 24.4 Å². The SMILES string of the molecule is Cc1oc2ccc(OCc3ccc(OCCO)cn3)cc2c1C(=O)NC1CCNCC1(F)F. The van der Waals surface area contributed by atoms with Crippen LogP contribution in [0.15, 0.2) is 40.9 Å². The number of aliphatic hydroxyl groups excluding tert-OH is 1. The van der Waals surface area contributed by atoms with Crippen LogP contribution in [0.4, 0.5) is 8.78 Å². The number of furan rings is 1. The predicted molar refractivity (Wildman–Crippen MR) is 116 cm³/mol. The minimum atomic E-state index is -3.03. The van der Waals surface area contributed by atoms with Crippen LogP contribution >= 0.6 is 0 Å². The Kier molecular flexibility index (Phi) is 6.75. The van der Waals surface area contributed by atoms with Crippen molar-refractivity contribution in [2.24, 2.45) is 0 Å². The number of nitrogens with one attached hydrogen (secondary N) is 2. The standard InChI is InChI=1S/C23H25F2N3O5/c1-14-21(22(30)28-20-6-7-26-13-23(20,24)25)18-10-16(4-5-19(18)33-14)32-12-15-2-3-17(11-27-15)31-9-8-29/h2-5,10-11,20,26,29H,6-9,12-13H2,1H3,(H,28,30). The first kappa shape index (κ1) is 22.9. The van der Waals surface area contributed by atoms with Gasteiger partial charge in [0.1, 0.15) is 36.1 Å². The van der Waals surface area contributed by atoms with Crippen LogP contribution in [0.5, 0.6) is 11.5 Å². The van der Waals surface area contributed by atoms with Crippen molar-refractivity contribution < 1.29 is 32.6 Å². The lowest BCUT2D eigenvalue weighted by atomic mass is 10.0. The summed E-state index contributed by atoms with van der Waals surface area (Å²) >= 11 is 0. The lowest BCUT2D eigenvalue weighted by molar-refractivity contribution is -0.0487. The van der Waals surface area contributed by atoms with Gasteiger partial charge in [0.2, 0.25) is 0 Å². The Labute approximate surface area is 188 Å². The number of benzene rings is 1. The Balaban J connectivity index is 1.48. The first-order chi connectivity index (χ1) is 15.9. The quantitative estimate of drug-likeness (QED) is 0.474. The van der Waals surface area contributed by atoms with E-state index >= 15 is 0 Å². The maximum absolute atomic E-state index is 14.2. The number of hydrogen-bond acceptors (Lipinski definition) is 7. The van der Waals surface area contributed by atoms with Gasteiger partial charge in [0.25, 0.3) is 11.8 Å². The van der Waals surface area contributed by atoms with E-state index in [9.17, 15) is 13.6 Å². The fraction of sp³-hybridized carbons (Fsp3) is 0.391. The minimum absolute atomic E-state index is 0.0822. The summed E-state index contributed by atoms with van der Waals surface area (Å²) in [6, 6.07) is 7.25. The van der Waals surface area contributed by atoms with Gasteiger partial charge in [-0.2, -0.15) is 0 Å². The molecular formula is C23H25F2N3O5. The summed E-state index contributed by atoms with van der Waals surface area (Å²) in [5, 5.41) is 14.4. The van der Waals surface area contributed by atoms with Crippen molar-refractivity contribution in [1.29, 1.82) is 0 Å². The molecule has 0 saturated carbocycles. The van der Waals surface area contributed by atoms with Crippen LogP contribution in [0, 0.1) is 6.92 Å². The van der Waals surface area contributed by atoms with E-state index in [0.717, 1.165) is 0 Å². The van der Waals surface area contributed by atoms with Crippen molar-refractivity contribution in [3.8, 4) is 11.5 Å². The van der Waals surface area contributed by atoms with Gasteiger partial charge in [-0.3, -0.25) is 9.78 Å². The lowest BCUT2D eigenvalue weighted by Crippen LogP contribution is -2.57. The number of nitrogens with zero attached hydrogens (tertiary/aromatic N) is 1. The molecule has 4 rings (SSSR count). The number of fused-ring (bicyclic) bond motifs is 1. The van der Waals surface area contributed by atoms with Crippen LogP contribution in [0.2, 0.25) is 0 Å². The molecule has 0 aliphatic carbocycles. The summed E-state index contributed by atoms with van der Waals surface area (Å²) in [5.41, 5.74) is 1.33. The van der Waals surface area contributed by atoms with Crippen LogP contribution in [-0.4, -0.2) is 54.3 Å². The summed E-state index contributed by atoms with van der Waals surface area (Å²) in [6.45, 7) is 1.84. The van der Waals surface area contributed by atoms with Gasteiger partial charge in [-0.1, -0.05) is 0 Å². The molecule has 8 nitrogen and oxygen atoms in total. The molecule has 1 saturated heterocycles. The molecule has 0 bridgehead atoms. The molecule has 1 atom stereocenters. The molecule has 1 aliphatic rings. The Morgan fingerprint density at radius 1 is 1.30 bits per heavy atom. The van der Waals surface area contributed by atoms with Gasteiger partial charge >= 0.3 is 0 Å². The van der Waals surface area contributed by atoms with Crippen molar-refractivity contribution >= 4 is 16.9 Å². The molecule has 0 spiro atoms. The third-order valence-corrected chi connectivity index (χ3v) is 5.39. The van der Waals surface area contributed by atoms with E-state index in [-0.39, 0.29) is 31.8 Å². The van der Waals surface area contributed by atoms with Crippen molar-refractivity contribution in [2.75, 3.05) is 26.3 Å². The summed E-state index contributed by atoms with van der Waals surface area (Å²) in [6.07, 6.45) is 1.68. The molecule has 1 amide bonds. The molecule has 1 aliphatic heterocycles. The van der Waals surface area contributed by atoms with Crippen molar-refractivity contribution in [3.05, 3.63) is 53.5 Å². The van der Waals surface area contributed by atoms with Gasteiger partial charge in [0, 0.05) is 5.39 Å². The summed E-state index contributed by atoms with van der Waals surface area (Å²) < 4.78 is 45.0. The molecule has 176 valence electrons. The van der Waals surface area contributed by atoms with Crippen LogP contribution in [0.3, 0.4) is 0 Å². The predicted octanol–water partition coefficient (Wildman–Crippen LogP) is 2.81. The highest BCUT2D eigenvalue weighted by atomic mass is 19.3. The highest BCUT2D eigenvalue weighted by Crippen LogP contribution is 2.30. The smallest absolute Gasteiger partial charge is 0.280 e. The van der Waals surface area contributed by atoms with Crippen molar-refractivity contribution in [2.45, 2.75) is 31.9 Å². The number of alkyl halides is 2. The van der Waals surface area contributed by atoms with Crippen molar-refractivity contribution in [1.82, 2.24) is 15.6 Å². The van der Waals surface area contributed by atoms with Crippen LogP contribution in [0.25, 0.3) is 11.0 Å². The van der Waals surface area contributed by atoms with Gasteiger partial charge in [-0.15, -0.1) is 0 Å².